The predicted octanol–water partition coefficient (Wildman–Crippen LogP) is 2.77. The van der Waals surface area contributed by atoms with Gasteiger partial charge in [-0.2, -0.15) is 0 Å². The van der Waals surface area contributed by atoms with Gasteiger partial charge < -0.3 is 19.9 Å². The molecule has 5 amide bonds. The average molecular weight is 628 g/mol. The van der Waals surface area contributed by atoms with Crippen molar-refractivity contribution in [1.29, 1.82) is 0 Å². The van der Waals surface area contributed by atoms with Crippen LogP contribution in [-0.2, 0) is 14.4 Å². The number of aromatic amines is 1. The van der Waals surface area contributed by atoms with Gasteiger partial charge >= 0.3 is 0 Å². The number of anilines is 1. The lowest BCUT2D eigenvalue weighted by Gasteiger charge is -2.27. The summed E-state index contributed by atoms with van der Waals surface area (Å²) >= 11 is 6.46. The second-order valence-electron chi connectivity index (χ2n) is 11.0. The molecule has 13 nitrogen and oxygen atoms in total. The van der Waals surface area contributed by atoms with Crippen LogP contribution in [0.3, 0.4) is 0 Å². The number of hydrogen-bond acceptors (Lipinski definition) is 9. The van der Waals surface area contributed by atoms with E-state index in [9.17, 15) is 24.0 Å². The number of para-hydroxylation sites is 1. The molecule has 0 bridgehead atoms. The summed E-state index contributed by atoms with van der Waals surface area (Å²) in [5.74, 6) is -2.34. The standard InChI is InChI=1S/C31H26ClN7O6/c32-20-13-34-31(37-27(20)19-12-33-21-6-2-1-4-17(19)21)35-16-10-11-38(14-16)25(41)15-45-23-7-3-5-18-26(23)30(44)39(29(18)43)22-8-9-24(40)36-28(22)42/h1-7,12-13,16,22,33H,8-11,14-15H2,(H,34,35,37)(H,36,40,42)/t16-,22?/m1/s1. The lowest BCUT2D eigenvalue weighted by Crippen LogP contribution is -2.54. The highest BCUT2D eigenvalue weighted by Crippen LogP contribution is 2.34. The number of hydrogen-bond donors (Lipinski definition) is 3. The zero-order valence-electron chi connectivity index (χ0n) is 23.7. The summed E-state index contributed by atoms with van der Waals surface area (Å²) in [6.07, 6.45) is 4.11. The van der Waals surface area contributed by atoms with Crippen LogP contribution in [0.2, 0.25) is 5.02 Å². The summed E-state index contributed by atoms with van der Waals surface area (Å²) < 4.78 is 5.77. The molecule has 2 aromatic heterocycles. The maximum absolute atomic E-state index is 13.3. The second kappa shape index (κ2) is 11.3. The molecule has 0 spiro atoms. The zero-order valence-corrected chi connectivity index (χ0v) is 24.5. The zero-order chi connectivity index (χ0) is 31.2. The highest BCUT2D eigenvalue weighted by Gasteiger charge is 2.46. The van der Waals surface area contributed by atoms with Crippen molar-refractivity contribution in [2.45, 2.75) is 31.3 Å². The molecule has 2 aromatic carbocycles. The van der Waals surface area contributed by atoms with Crippen molar-refractivity contribution in [1.82, 2.24) is 30.1 Å². The van der Waals surface area contributed by atoms with Crippen molar-refractivity contribution in [2.75, 3.05) is 25.0 Å². The van der Waals surface area contributed by atoms with Gasteiger partial charge in [0.15, 0.2) is 6.61 Å². The number of rotatable bonds is 7. The number of likely N-dealkylation sites (tertiary alicyclic amines) is 1. The maximum atomic E-state index is 13.3. The molecule has 3 aliphatic rings. The fraction of sp³-hybridized carbons (Fsp3) is 0.258. The van der Waals surface area contributed by atoms with Gasteiger partial charge in [-0.15, -0.1) is 0 Å². The third-order valence-corrected chi connectivity index (χ3v) is 8.52. The van der Waals surface area contributed by atoms with E-state index in [1.807, 2.05) is 30.5 Å². The Labute approximate surface area is 260 Å². The molecule has 0 saturated carbocycles. The van der Waals surface area contributed by atoms with Gasteiger partial charge in [-0.05, 0) is 31.0 Å². The highest BCUT2D eigenvalue weighted by molar-refractivity contribution is 6.33. The number of imide groups is 2. The Morgan fingerprint density at radius 1 is 1.04 bits per heavy atom. The van der Waals surface area contributed by atoms with Crippen molar-refractivity contribution < 1.29 is 28.7 Å². The summed E-state index contributed by atoms with van der Waals surface area (Å²) in [5.41, 5.74) is 2.48. The van der Waals surface area contributed by atoms with Crippen LogP contribution in [0.4, 0.5) is 5.95 Å². The minimum absolute atomic E-state index is 0.00754. The van der Waals surface area contributed by atoms with Gasteiger partial charge in [0.2, 0.25) is 17.8 Å². The Morgan fingerprint density at radius 3 is 2.73 bits per heavy atom. The fourth-order valence-electron chi connectivity index (χ4n) is 6.02. The Bertz CT molecular complexity index is 1910. The summed E-state index contributed by atoms with van der Waals surface area (Å²) in [6, 6.07) is 11.2. The van der Waals surface area contributed by atoms with E-state index >= 15 is 0 Å². The fourth-order valence-corrected chi connectivity index (χ4v) is 6.21. The van der Waals surface area contributed by atoms with E-state index in [0.717, 1.165) is 21.4 Å². The number of aromatic nitrogens is 3. The van der Waals surface area contributed by atoms with Crippen LogP contribution in [-0.4, -0.2) is 86.1 Å². The van der Waals surface area contributed by atoms with Gasteiger partial charge in [0.1, 0.15) is 11.8 Å². The number of halogens is 1. The number of nitrogens with one attached hydrogen (secondary N) is 3. The van der Waals surface area contributed by atoms with E-state index in [0.29, 0.717) is 36.2 Å². The molecule has 14 heteroatoms. The number of benzene rings is 2. The Balaban J connectivity index is 0.993. The summed E-state index contributed by atoms with van der Waals surface area (Å²) in [4.78, 5) is 78.1. The van der Waals surface area contributed by atoms with E-state index in [1.165, 1.54) is 12.1 Å². The molecule has 1 unspecified atom stereocenters. The van der Waals surface area contributed by atoms with E-state index in [-0.39, 0.29) is 48.3 Å². The van der Waals surface area contributed by atoms with Gasteiger partial charge in [0.05, 0.1) is 28.0 Å². The molecule has 0 aliphatic carbocycles. The molecule has 2 saturated heterocycles. The molecule has 2 atom stereocenters. The van der Waals surface area contributed by atoms with Crippen molar-refractivity contribution in [2.24, 2.45) is 0 Å². The van der Waals surface area contributed by atoms with Gasteiger partial charge in [-0.3, -0.25) is 34.2 Å². The van der Waals surface area contributed by atoms with Crippen LogP contribution >= 0.6 is 11.6 Å². The molecule has 5 heterocycles. The minimum Gasteiger partial charge on any atom is -0.483 e. The summed E-state index contributed by atoms with van der Waals surface area (Å²) in [5, 5.41) is 6.87. The number of carbonyl (C=O) groups excluding carboxylic acids is 5. The predicted molar refractivity (Wildman–Crippen MR) is 162 cm³/mol. The lowest BCUT2D eigenvalue weighted by molar-refractivity contribution is -0.136. The first-order valence-corrected chi connectivity index (χ1v) is 14.8. The number of H-pyrrole nitrogens is 1. The summed E-state index contributed by atoms with van der Waals surface area (Å²) in [6.45, 7) is 0.492. The SMILES string of the molecule is O=C1CCC(N2C(=O)c3cccc(OCC(=O)N4CC[C@@H](Nc5ncc(Cl)c(-c6c[nH]c7ccccc67)n5)C4)c3C2=O)C(=O)N1. The van der Waals surface area contributed by atoms with Crippen LogP contribution in [0.5, 0.6) is 5.75 Å². The number of piperidine rings is 1. The number of nitrogens with zero attached hydrogens (tertiary/aromatic N) is 4. The van der Waals surface area contributed by atoms with Crippen LogP contribution in [0.15, 0.2) is 54.9 Å². The smallest absolute Gasteiger partial charge is 0.266 e. The van der Waals surface area contributed by atoms with Gasteiger partial charge in [-0.1, -0.05) is 35.9 Å². The Kier molecular flexibility index (Phi) is 7.16. The molecule has 3 aliphatic heterocycles. The third-order valence-electron chi connectivity index (χ3n) is 8.24. The molecule has 7 rings (SSSR count). The molecule has 45 heavy (non-hydrogen) atoms. The molecule has 2 fully saturated rings. The number of ether oxygens (including phenoxy) is 1. The average Bonchev–Trinajstić information content (AvgIpc) is 3.74. The molecular formula is C31H26ClN7O6. The van der Waals surface area contributed by atoms with Gasteiger partial charge in [0, 0.05) is 48.2 Å². The van der Waals surface area contributed by atoms with E-state index in [1.54, 1.807) is 17.2 Å². The first kappa shape index (κ1) is 28.5. The first-order chi connectivity index (χ1) is 21.8. The van der Waals surface area contributed by atoms with E-state index in [2.05, 4.69) is 25.6 Å². The number of fused-ring (bicyclic) bond motifs is 2. The monoisotopic (exact) mass is 627 g/mol. The first-order valence-electron chi connectivity index (χ1n) is 14.4. The largest absolute Gasteiger partial charge is 0.483 e. The maximum Gasteiger partial charge on any atom is 0.266 e. The van der Waals surface area contributed by atoms with Crippen molar-refractivity contribution in [3.8, 4) is 17.0 Å². The van der Waals surface area contributed by atoms with E-state index < -0.39 is 29.7 Å². The van der Waals surface area contributed by atoms with Crippen LogP contribution in [0.1, 0.15) is 40.0 Å². The van der Waals surface area contributed by atoms with Crippen molar-refractivity contribution in [3.05, 3.63) is 71.0 Å². The van der Waals surface area contributed by atoms with Crippen LogP contribution in [0.25, 0.3) is 22.2 Å². The second-order valence-corrected chi connectivity index (χ2v) is 11.4. The third kappa shape index (κ3) is 5.14. The highest BCUT2D eigenvalue weighted by atomic mass is 35.5. The lowest BCUT2D eigenvalue weighted by atomic mass is 10.0. The Hall–Kier alpha value is -5.30. The minimum atomic E-state index is -1.10. The molecule has 4 aromatic rings. The quantitative estimate of drug-likeness (QED) is 0.261. The molecule has 3 N–H and O–H groups in total. The van der Waals surface area contributed by atoms with Crippen molar-refractivity contribution >= 4 is 58.0 Å². The van der Waals surface area contributed by atoms with Gasteiger partial charge in [-0.25, -0.2) is 9.97 Å². The van der Waals surface area contributed by atoms with Crippen LogP contribution < -0.4 is 15.4 Å². The summed E-state index contributed by atoms with van der Waals surface area (Å²) in [7, 11) is 0. The normalized spacial score (nSPS) is 19.7. The number of carbonyl (C=O) groups is 5. The molecular weight excluding hydrogens is 602 g/mol. The van der Waals surface area contributed by atoms with Crippen LogP contribution in [0, 0.1) is 0 Å². The molecule has 228 valence electrons. The molecule has 0 radical (unpaired) electrons. The van der Waals surface area contributed by atoms with Gasteiger partial charge in [0.25, 0.3) is 17.7 Å². The number of amides is 5. The van der Waals surface area contributed by atoms with E-state index in [4.69, 9.17) is 16.3 Å². The van der Waals surface area contributed by atoms with Crippen molar-refractivity contribution in [3.63, 3.8) is 0 Å². The Morgan fingerprint density at radius 2 is 1.89 bits per heavy atom. The topological polar surface area (TPSA) is 167 Å².